The van der Waals surface area contributed by atoms with Crippen LogP contribution >= 0.6 is 168 Å². The van der Waals surface area contributed by atoms with Gasteiger partial charge in [0.25, 0.3) is 39.1 Å². The van der Waals surface area contributed by atoms with Gasteiger partial charge in [-0.3, -0.25) is 50.0 Å². The molecular formula is C12H23I5O45P12-8. The van der Waals surface area contributed by atoms with Gasteiger partial charge in [0.15, 0.2) is 0 Å². The molecule has 0 amide bonds. The van der Waals surface area contributed by atoms with Crippen LogP contribution in [0.5, 0.6) is 0 Å². The van der Waals surface area contributed by atoms with Gasteiger partial charge in [-0.05, 0) is 0 Å². The second kappa shape index (κ2) is 27.8. The molecule has 5 rings (SSSR count). The first kappa shape index (κ1) is 75.2. The van der Waals surface area contributed by atoms with Crippen LogP contribution in [0.2, 0.25) is 0 Å². The monoisotopic (exact) mass is 1890 g/mol. The third-order valence-electron chi connectivity index (χ3n) is 7.55. The molecule has 2 aliphatic carbocycles. The van der Waals surface area contributed by atoms with Crippen LogP contribution in [0.15, 0.2) is 0 Å². The Morgan fingerprint density at radius 3 is 0.784 bits per heavy atom. The quantitative estimate of drug-likeness (QED) is 0.0639. The van der Waals surface area contributed by atoms with Gasteiger partial charge in [0.1, 0.15) is 73.2 Å². The molecule has 19 atom stereocenters. The van der Waals surface area contributed by atoms with Crippen molar-refractivity contribution in [2.24, 2.45) is 0 Å². The molecule has 3 heterocycles. The number of hydrogen-bond donors (Lipinski definition) is 11. The van der Waals surface area contributed by atoms with Crippen molar-refractivity contribution in [3.05, 3.63) is 0 Å². The molecule has 19 unspecified atom stereocenters. The van der Waals surface area contributed by atoms with E-state index in [0.717, 1.165) is 0 Å². The first-order valence-corrected chi connectivity index (χ1v) is 53.0. The fourth-order valence-electron chi connectivity index (χ4n) is 6.01. The van der Waals surface area contributed by atoms with Gasteiger partial charge < -0.3 is 120 Å². The first-order valence-electron chi connectivity index (χ1n) is 16.2. The van der Waals surface area contributed by atoms with Gasteiger partial charge in [0, 0.05) is 37.2 Å². The molecule has 0 spiro atoms. The number of phosphoric ester groups is 12. The summed E-state index contributed by atoms with van der Waals surface area (Å²) >= 11 is 9.54. The largest absolute Gasteiger partial charge is 0.790 e. The summed E-state index contributed by atoms with van der Waals surface area (Å²) in [5.74, 6) is 0. The van der Waals surface area contributed by atoms with Crippen LogP contribution in [0.25, 0.3) is 0 Å². The zero-order valence-electron chi connectivity index (χ0n) is 33.0. The average molecular weight is 1890 g/mol. The average Bonchev–Trinajstić information content (AvgIpc) is 3.34. The summed E-state index contributed by atoms with van der Waals surface area (Å²) in [6, 6.07) is 0. The van der Waals surface area contributed by atoms with Crippen LogP contribution < -0.4 is 47.5 Å². The minimum absolute atomic E-state index is 0.530. The standard InChI is InChI=1S/C6H18O24P6.C6H12O21P6.I3.I2/c7-31(8,9)25-1-2(26-32(10,11)12)4(28-34(16,17)18)6(30-36(22,23)24)5(29-35(19,20)21)3(1)27-33(13,14)15;7-28(8)19-1-2(20-29(9,10)25-28)4-6(24-33(17,18)27-32(15,16)23-4)5-3(1)21-30(11,12)26-31(13,14)22-5;1-3-2;1-2/h1-6H,(H2,7,8,9)(H2,10,11,12)(H2,13,14,15)(H2,16,17,18)(H2,19,20,21)(H2,22,23,24);1-6H,(H,7,8)(H,9,10)(H,11,12)(H,13,14)(H,15,16)(H,17,18);;/q;;-1;/p-7. The Hall–Kier alpha value is 5.09. The van der Waals surface area contributed by atoms with E-state index in [2.05, 4.69) is 142 Å². The third kappa shape index (κ3) is 26.0. The van der Waals surface area contributed by atoms with E-state index in [0.29, 0.717) is 13.3 Å². The second-order valence-electron chi connectivity index (χ2n) is 12.7. The topological polar surface area (TPSA) is 727 Å². The molecule has 3 saturated heterocycles. The molecule has 444 valence electrons. The van der Waals surface area contributed by atoms with E-state index in [4.69, 9.17) is 44.0 Å². The molecule has 62 heteroatoms. The molecule has 5 aliphatic rings. The number of phosphoric acid groups is 12. The van der Waals surface area contributed by atoms with E-state index < -0.39 is 167 Å². The van der Waals surface area contributed by atoms with Gasteiger partial charge in [0.05, 0.1) is 7.82 Å². The van der Waals surface area contributed by atoms with Crippen molar-refractivity contribution in [2.45, 2.75) is 73.2 Å². The smallest absolute Gasteiger partial charge is 0.479 e. The molecule has 0 aromatic heterocycles. The van der Waals surface area contributed by atoms with Crippen molar-refractivity contribution < 1.29 is 223 Å². The molecule has 74 heavy (non-hydrogen) atoms. The Morgan fingerprint density at radius 1 is 0.392 bits per heavy atom. The van der Waals surface area contributed by atoms with Gasteiger partial charge in [-0.25, -0.2) is 40.3 Å². The summed E-state index contributed by atoms with van der Waals surface area (Å²) < 4.78 is 202. The predicted molar refractivity (Wildman–Crippen MR) is 233 cm³/mol. The molecule has 0 aromatic carbocycles. The van der Waals surface area contributed by atoms with E-state index in [9.17, 15) is 98.8 Å². The van der Waals surface area contributed by atoms with Gasteiger partial charge >= 0.3 is 97.4 Å². The van der Waals surface area contributed by atoms with Crippen molar-refractivity contribution in [2.75, 3.05) is 0 Å². The zero-order valence-corrected chi connectivity index (χ0v) is 54.5. The Labute approximate surface area is 460 Å². The number of halogens is 5. The summed E-state index contributed by atoms with van der Waals surface area (Å²) in [4.78, 5) is 182. The zero-order chi connectivity index (χ0) is 58.2. The molecule has 11 N–H and O–H groups in total. The Kier molecular flexibility index (Phi) is 28.3. The van der Waals surface area contributed by atoms with Gasteiger partial charge in [-0.2, -0.15) is 0 Å². The van der Waals surface area contributed by atoms with Crippen LogP contribution in [0.1, 0.15) is 0 Å². The van der Waals surface area contributed by atoms with Crippen molar-refractivity contribution in [1.29, 1.82) is 0 Å². The SMILES string of the molecule is II.I[I-]I.O=P([O-])([O-])OC1C(OP(=O)([O-])O)C(OP(=O)(O)O)C(OP(=O)(O)O)C(OP(=O)(O)O)C1OP(=O)(O)O.O=P1([O-])OC2C(OP(=O)([O-])O1)C1OP(=O)([O-])OP(=O)(O)OC1C1OP(=O)(O)OP(=O)([O-])OC21. The normalized spacial score (nSPS) is 42.9. The summed E-state index contributed by atoms with van der Waals surface area (Å²) in [5, 5.41) is 0. The van der Waals surface area contributed by atoms with Crippen LogP contribution in [-0.2, 0) is 122 Å². The summed E-state index contributed by atoms with van der Waals surface area (Å²) in [6.07, 6.45) is -34.8. The molecule has 0 bridgehead atoms. The van der Waals surface area contributed by atoms with Gasteiger partial charge in [-0.1, -0.05) is 0 Å². The number of hydrogen-bond acceptors (Lipinski definition) is 34. The number of rotatable bonds is 12. The third-order valence-corrected chi connectivity index (χ3v) is 18.5. The molecular weight excluding hydrogens is 1870 g/mol. The fraction of sp³-hybridized carbons (Fsp3) is 1.00. The predicted octanol–water partition coefficient (Wildman–Crippen LogP) is -7.01. The maximum Gasteiger partial charge on any atom is 0.479 e. The van der Waals surface area contributed by atoms with Crippen LogP contribution in [0.3, 0.4) is 0 Å². The van der Waals surface area contributed by atoms with Crippen LogP contribution in [0, 0.1) is 0 Å². The van der Waals surface area contributed by atoms with E-state index in [1.54, 1.807) is 0 Å². The number of fused-ring (bicyclic) bond motifs is 6. The molecule has 5 fully saturated rings. The van der Waals surface area contributed by atoms with Crippen molar-refractivity contribution in [3.63, 3.8) is 0 Å². The maximum atomic E-state index is 12.0. The maximum absolute atomic E-state index is 12.0. The minimum atomic E-state index is -6.54. The second-order valence-corrected chi connectivity index (χ2v) is 44.7. The molecule has 45 nitrogen and oxygen atoms in total. The first-order chi connectivity index (χ1) is 32.7. The van der Waals surface area contributed by atoms with Crippen molar-refractivity contribution in [1.82, 2.24) is 0 Å². The van der Waals surface area contributed by atoms with E-state index in [1.165, 1.54) is 0 Å². The van der Waals surface area contributed by atoms with E-state index >= 15 is 0 Å². The summed E-state index contributed by atoms with van der Waals surface area (Å²) in [6.45, 7) is 0. The Balaban J connectivity index is 0.000000467. The molecule has 0 aromatic rings. The van der Waals surface area contributed by atoms with E-state index in [-0.39, 0.29) is 0 Å². The van der Waals surface area contributed by atoms with Crippen molar-refractivity contribution in [3.8, 4) is 0 Å². The fourth-order valence-corrected chi connectivity index (χ4v) is 16.5. The van der Waals surface area contributed by atoms with Gasteiger partial charge in [-0.15, -0.1) is 0 Å². The minimum Gasteiger partial charge on any atom is -0.790 e. The Bertz CT molecular complexity index is 2100. The molecule has 2 saturated carbocycles. The Morgan fingerprint density at radius 2 is 0.581 bits per heavy atom. The van der Waals surface area contributed by atoms with E-state index in [1.807, 2.05) is 0 Å². The van der Waals surface area contributed by atoms with Crippen LogP contribution in [0.4, 0.5) is 0 Å². The summed E-state index contributed by atoms with van der Waals surface area (Å²) in [7, 11) is -72.1. The molecule has 0 radical (unpaired) electrons. The van der Waals surface area contributed by atoms with Gasteiger partial charge in [0.2, 0.25) is 0 Å². The van der Waals surface area contributed by atoms with Crippen LogP contribution in [-0.4, -0.2) is 127 Å². The van der Waals surface area contributed by atoms with Crippen molar-refractivity contribution >= 4 is 168 Å². The molecule has 3 aliphatic heterocycles. The summed E-state index contributed by atoms with van der Waals surface area (Å²) in [5.41, 5.74) is 0.